The largest absolute Gasteiger partial charge is 0.449 e. The van der Waals surface area contributed by atoms with Crippen molar-refractivity contribution in [3.05, 3.63) is 41.1 Å². The highest BCUT2D eigenvalue weighted by Crippen LogP contribution is 2.24. The molecule has 0 bridgehead atoms. The van der Waals surface area contributed by atoms with E-state index in [-0.39, 0.29) is 0 Å². The number of anilines is 1. The van der Waals surface area contributed by atoms with Crippen molar-refractivity contribution < 1.29 is 4.42 Å². The lowest BCUT2D eigenvalue weighted by Crippen LogP contribution is -1.76. The fourth-order valence-electron chi connectivity index (χ4n) is 1.15. The fraction of sp³-hybridized carbons (Fsp3) is 0. The molecule has 0 atom stereocenters. The van der Waals surface area contributed by atoms with Crippen LogP contribution in [0.2, 0.25) is 0 Å². The molecule has 1 aromatic carbocycles. The predicted octanol–water partition coefficient (Wildman–Crippen LogP) is 3.29. The molecule has 0 spiro atoms. The van der Waals surface area contributed by atoms with E-state index < -0.39 is 0 Å². The molecule has 3 heteroatoms. The first kappa shape index (κ1) is 8.38. The molecule has 0 saturated carbocycles. The minimum atomic E-state index is 0.443. The molecular weight excluding hydrogens is 230 g/mol. The topological polar surface area (TPSA) is 39.2 Å². The molecule has 0 saturated heterocycles. The highest BCUT2D eigenvalue weighted by atomic mass is 79.9. The summed E-state index contributed by atoms with van der Waals surface area (Å²) in [5.74, 6) is 0.443. The van der Waals surface area contributed by atoms with Gasteiger partial charge in [-0.15, -0.1) is 0 Å². The van der Waals surface area contributed by atoms with Crippen LogP contribution >= 0.6 is 15.9 Å². The van der Waals surface area contributed by atoms with Crippen molar-refractivity contribution in [1.29, 1.82) is 0 Å². The van der Waals surface area contributed by atoms with Gasteiger partial charge in [-0.25, -0.2) is 0 Å². The Labute approximate surface area is 84.5 Å². The molecule has 2 nitrogen and oxygen atoms in total. The number of nitrogen functional groups attached to an aromatic ring is 1. The first-order chi connectivity index (χ1) is 6.25. The van der Waals surface area contributed by atoms with Gasteiger partial charge in [-0.1, -0.05) is 28.1 Å². The average Bonchev–Trinajstić information content (AvgIpc) is 2.53. The molecule has 2 rings (SSSR count). The van der Waals surface area contributed by atoms with Gasteiger partial charge in [0.15, 0.2) is 5.88 Å². The smallest absolute Gasteiger partial charge is 0.190 e. The van der Waals surface area contributed by atoms with Gasteiger partial charge in [0.1, 0.15) is 6.26 Å². The number of hydrogen-bond acceptors (Lipinski definition) is 2. The second kappa shape index (κ2) is 3.26. The van der Waals surface area contributed by atoms with Gasteiger partial charge < -0.3 is 10.2 Å². The third kappa shape index (κ3) is 1.75. The van der Waals surface area contributed by atoms with E-state index in [0.29, 0.717) is 5.88 Å². The molecule has 66 valence electrons. The summed E-state index contributed by atoms with van der Waals surface area (Å²) < 4.78 is 6.08. The van der Waals surface area contributed by atoms with Crippen LogP contribution in [0.3, 0.4) is 0 Å². The van der Waals surface area contributed by atoms with Crippen LogP contribution in [0.5, 0.6) is 0 Å². The van der Waals surface area contributed by atoms with Crippen LogP contribution in [-0.4, -0.2) is 0 Å². The zero-order chi connectivity index (χ0) is 9.26. The average molecular weight is 238 g/mol. The molecule has 13 heavy (non-hydrogen) atoms. The van der Waals surface area contributed by atoms with Gasteiger partial charge in [0.25, 0.3) is 0 Å². The highest BCUT2D eigenvalue weighted by Gasteiger charge is 2.00. The number of furan rings is 1. The van der Waals surface area contributed by atoms with Gasteiger partial charge in [0.05, 0.1) is 0 Å². The monoisotopic (exact) mass is 237 g/mol. The van der Waals surface area contributed by atoms with Crippen LogP contribution in [0.4, 0.5) is 5.88 Å². The van der Waals surface area contributed by atoms with Crippen LogP contribution in [0.1, 0.15) is 0 Å². The molecule has 1 heterocycles. The normalized spacial score (nSPS) is 10.2. The lowest BCUT2D eigenvalue weighted by atomic mass is 10.1. The maximum absolute atomic E-state index is 5.47. The van der Waals surface area contributed by atoms with Crippen LogP contribution in [0.25, 0.3) is 11.1 Å². The Kier molecular flexibility index (Phi) is 2.10. The Bertz CT molecular complexity index is 405. The van der Waals surface area contributed by atoms with Crippen molar-refractivity contribution in [2.24, 2.45) is 0 Å². The number of benzene rings is 1. The van der Waals surface area contributed by atoms with E-state index >= 15 is 0 Å². The maximum atomic E-state index is 5.47. The lowest BCUT2D eigenvalue weighted by Gasteiger charge is -1.95. The molecule has 0 aliphatic carbocycles. The van der Waals surface area contributed by atoms with E-state index in [9.17, 15) is 0 Å². The highest BCUT2D eigenvalue weighted by molar-refractivity contribution is 9.10. The zero-order valence-electron chi connectivity index (χ0n) is 6.83. The molecule has 0 aliphatic rings. The second-order valence-corrected chi connectivity index (χ2v) is 3.66. The van der Waals surface area contributed by atoms with Gasteiger partial charge in [-0.05, 0) is 17.7 Å². The quantitative estimate of drug-likeness (QED) is 0.827. The molecular formula is C10H8BrNO. The van der Waals surface area contributed by atoms with Gasteiger partial charge in [-0.3, -0.25) is 0 Å². The van der Waals surface area contributed by atoms with E-state index in [0.717, 1.165) is 15.6 Å². The van der Waals surface area contributed by atoms with E-state index in [1.54, 1.807) is 6.26 Å². The van der Waals surface area contributed by atoms with Crippen molar-refractivity contribution in [3.8, 4) is 11.1 Å². The molecule has 0 amide bonds. The Hall–Kier alpha value is -1.22. The van der Waals surface area contributed by atoms with E-state index in [2.05, 4.69) is 15.9 Å². The number of halogens is 1. The molecule has 2 N–H and O–H groups in total. The van der Waals surface area contributed by atoms with Gasteiger partial charge in [-0.2, -0.15) is 0 Å². The minimum Gasteiger partial charge on any atom is -0.449 e. The summed E-state index contributed by atoms with van der Waals surface area (Å²) in [6.07, 6.45) is 1.65. The van der Waals surface area contributed by atoms with Crippen LogP contribution in [-0.2, 0) is 0 Å². The Morgan fingerprint density at radius 1 is 1.08 bits per heavy atom. The SMILES string of the molecule is Nc1cc(-c2ccc(Br)cc2)co1. The number of hydrogen-bond donors (Lipinski definition) is 1. The van der Waals surface area contributed by atoms with Gasteiger partial charge >= 0.3 is 0 Å². The summed E-state index contributed by atoms with van der Waals surface area (Å²) in [5, 5.41) is 0. The Balaban J connectivity index is 2.41. The molecule has 2 aromatic rings. The molecule has 0 radical (unpaired) electrons. The summed E-state index contributed by atoms with van der Waals surface area (Å²) in [7, 11) is 0. The third-order valence-corrected chi connectivity index (χ3v) is 2.33. The van der Waals surface area contributed by atoms with Gasteiger partial charge in [0, 0.05) is 16.1 Å². The summed E-state index contributed by atoms with van der Waals surface area (Å²) in [5.41, 5.74) is 7.58. The zero-order valence-corrected chi connectivity index (χ0v) is 8.41. The summed E-state index contributed by atoms with van der Waals surface area (Å²) in [6, 6.07) is 9.79. The minimum absolute atomic E-state index is 0.443. The van der Waals surface area contributed by atoms with Crippen LogP contribution in [0, 0.1) is 0 Å². The maximum Gasteiger partial charge on any atom is 0.190 e. The van der Waals surface area contributed by atoms with Crippen LogP contribution < -0.4 is 5.73 Å². The Morgan fingerprint density at radius 2 is 1.77 bits per heavy atom. The third-order valence-electron chi connectivity index (χ3n) is 1.80. The number of nitrogens with two attached hydrogens (primary N) is 1. The second-order valence-electron chi connectivity index (χ2n) is 2.74. The van der Waals surface area contributed by atoms with E-state index in [4.69, 9.17) is 10.2 Å². The molecule has 1 aromatic heterocycles. The molecule has 0 fully saturated rings. The first-order valence-electron chi connectivity index (χ1n) is 3.85. The summed E-state index contributed by atoms with van der Waals surface area (Å²) in [4.78, 5) is 0. The number of rotatable bonds is 1. The van der Waals surface area contributed by atoms with Crippen molar-refractivity contribution in [1.82, 2.24) is 0 Å². The summed E-state index contributed by atoms with van der Waals surface area (Å²) in [6.45, 7) is 0. The predicted molar refractivity (Wildman–Crippen MR) is 56.3 cm³/mol. The first-order valence-corrected chi connectivity index (χ1v) is 4.65. The standard InChI is InChI=1S/C10H8BrNO/c11-9-3-1-7(2-4-9)8-5-10(12)13-6-8/h1-6H,12H2. The van der Waals surface area contributed by atoms with Crippen molar-refractivity contribution >= 4 is 21.8 Å². The fourth-order valence-corrected chi connectivity index (χ4v) is 1.41. The van der Waals surface area contributed by atoms with Crippen molar-refractivity contribution in [2.45, 2.75) is 0 Å². The molecule has 0 aliphatic heterocycles. The molecule has 0 unspecified atom stereocenters. The van der Waals surface area contributed by atoms with E-state index in [1.807, 2.05) is 30.3 Å². The van der Waals surface area contributed by atoms with E-state index in [1.165, 1.54) is 0 Å². The summed E-state index contributed by atoms with van der Waals surface area (Å²) >= 11 is 3.38. The van der Waals surface area contributed by atoms with Crippen molar-refractivity contribution in [2.75, 3.05) is 5.73 Å². The van der Waals surface area contributed by atoms with Gasteiger partial charge in [0.2, 0.25) is 0 Å². The van der Waals surface area contributed by atoms with Crippen molar-refractivity contribution in [3.63, 3.8) is 0 Å². The Morgan fingerprint density at radius 3 is 2.31 bits per heavy atom. The van der Waals surface area contributed by atoms with Crippen LogP contribution in [0.15, 0.2) is 45.5 Å². The lowest BCUT2D eigenvalue weighted by molar-refractivity contribution is 0.588.